The molecule has 28 heavy (non-hydrogen) atoms. The number of pyridine rings is 1. The number of nitro groups is 1. The van der Waals surface area contributed by atoms with Crippen LogP contribution in [-0.2, 0) is 14.8 Å². The van der Waals surface area contributed by atoms with E-state index in [1.54, 1.807) is 13.2 Å². The molecule has 1 aliphatic rings. The van der Waals surface area contributed by atoms with E-state index in [2.05, 4.69) is 15.0 Å². The number of hydrogen-bond donors (Lipinski definition) is 2. The van der Waals surface area contributed by atoms with Crippen LogP contribution in [0, 0.1) is 15.5 Å². The van der Waals surface area contributed by atoms with Gasteiger partial charge in [0.15, 0.2) is 0 Å². The van der Waals surface area contributed by atoms with E-state index in [9.17, 15) is 18.5 Å². The third kappa shape index (κ3) is 4.58. The van der Waals surface area contributed by atoms with Crippen molar-refractivity contribution in [2.75, 3.05) is 33.4 Å². The second kappa shape index (κ2) is 9.10. The topological polar surface area (TPSA) is 123 Å². The molecule has 2 heterocycles. The van der Waals surface area contributed by atoms with Gasteiger partial charge in [0, 0.05) is 31.3 Å². The smallest absolute Gasteiger partial charge is 0.278 e. The summed E-state index contributed by atoms with van der Waals surface area (Å²) in [5.74, 6) is 0. The first-order valence-electron chi connectivity index (χ1n) is 8.60. The maximum absolute atomic E-state index is 12.9. The first-order valence-corrected chi connectivity index (χ1v) is 10.1. The fourth-order valence-electron chi connectivity index (χ4n) is 3.47. The zero-order chi connectivity index (χ0) is 19.5. The SMILES string of the molecule is COCC1(CNS(=O)(=O)c2ccc([N+](=O)[O-])c3cccnc23)CCNCC1.Cl. The summed E-state index contributed by atoms with van der Waals surface area (Å²) in [4.78, 5) is 14.7. The Labute approximate surface area is 169 Å². The lowest BCUT2D eigenvalue weighted by atomic mass is 9.80. The Morgan fingerprint density at radius 2 is 2.04 bits per heavy atom. The molecule has 3 rings (SSSR count). The predicted octanol–water partition coefficient (Wildman–Crippen LogP) is 1.86. The van der Waals surface area contributed by atoms with Crippen molar-refractivity contribution in [1.29, 1.82) is 0 Å². The molecule has 1 saturated heterocycles. The van der Waals surface area contributed by atoms with Crippen LogP contribution in [0.2, 0.25) is 0 Å². The van der Waals surface area contributed by atoms with Crippen LogP contribution in [-0.4, -0.2) is 51.7 Å². The summed E-state index contributed by atoms with van der Waals surface area (Å²) in [5.41, 5.74) is -0.367. The van der Waals surface area contributed by atoms with Gasteiger partial charge >= 0.3 is 0 Å². The lowest BCUT2D eigenvalue weighted by Gasteiger charge is -2.37. The van der Waals surface area contributed by atoms with Gasteiger partial charge in [-0.25, -0.2) is 13.1 Å². The van der Waals surface area contributed by atoms with Gasteiger partial charge in [0.1, 0.15) is 4.90 Å². The number of hydrogen-bond acceptors (Lipinski definition) is 7. The number of methoxy groups -OCH3 is 1. The first kappa shape index (κ1) is 22.4. The number of benzene rings is 1. The Morgan fingerprint density at radius 1 is 1.32 bits per heavy atom. The standard InChI is InChI=1S/C17H22N4O5S.ClH/c1-26-12-17(6-9-18-10-7-17)11-20-27(24,25)15-5-4-14(21(22)23)13-3-2-8-19-16(13)15;/h2-5,8,18,20H,6-7,9-12H2,1H3;1H. The number of nitrogens with zero attached hydrogens (tertiary/aromatic N) is 2. The lowest BCUT2D eigenvalue weighted by Crippen LogP contribution is -2.47. The van der Waals surface area contributed by atoms with Gasteiger partial charge in [-0.15, -0.1) is 12.4 Å². The van der Waals surface area contributed by atoms with Crippen LogP contribution in [0.15, 0.2) is 35.4 Å². The molecule has 1 fully saturated rings. The van der Waals surface area contributed by atoms with Crippen molar-refractivity contribution < 1.29 is 18.1 Å². The van der Waals surface area contributed by atoms with Crippen molar-refractivity contribution in [1.82, 2.24) is 15.0 Å². The molecule has 9 nitrogen and oxygen atoms in total. The molecule has 2 N–H and O–H groups in total. The van der Waals surface area contributed by atoms with Crippen molar-refractivity contribution in [3.63, 3.8) is 0 Å². The van der Waals surface area contributed by atoms with Crippen LogP contribution in [0.1, 0.15) is 12.8 Å². The number of fused-ring (bicyclic) bond motifs is 1. The molecule has 0 spiro atoms. The molecule has 11 heteroatoms. The summed E-state index contributed by atoms with van der Waals surface area (Å²) in [6.07, 6.45) is 3.01. The minimum Gasteiger partial charge on any atom is -0.384 e. The summed E-state index contributed by atoms with van der Waals surface area (Å²) in [6, 6.07) is 5.48. The van der Waals surface area contributed by atoms with Gasteiger partial charge in [0.05, 0.1) is 22.4 Å². The molecule has 0 bridgehead atoms. The van der Waals surface area contributed by atoms with E-state index in [4.69, 9.17) is 4.74 Å². The maximum Gasteiger partial charge on any atom is 0.278 e. The first-order chi connectivity index (χ1) is 12.9. The van der Waals surface area contributed by atoms with Gasteiger partial charge in [-0.3, -0.25) is 15.1 Å². The molecule has 0 atom stereocenters. The Bertz CT molecular complexity index is 942. The fourth-order valence-corrected chi connectivity index (χ4v) is 4.79. The van der Waals surface area contributed by atoms with Crippen molar-refractivity contribution >= 4 is 39.0 Å². The van der Waals surface area contributed by atoms with E-state index in [0.717, 1.165) is 25.9 Å². The van der Waals surface area contributed by atoms with Crippen molar-refractivity contribution in [3.8, 4) is 0 Å². The zero-order valence-corrected chi connectivity index (χ0v) is 17.0. The van der Waals surface area contributed by atoms with Crippen molar-refractivity contribution in [2.45, 2.75) is 17.7 Å². The van der Waals surface area contributed by atoms with Crippen LogP contribution in [0.25, 0.3) is 10.9 Å². The minimum absolute atomic E-state index is 0. The molecule has 0 saturated carbocycles. The predicted molar refractivity (Wildman–Crippen MR) is 107 cm³/mol. The number of sulfonamides is 1. The average molecular weight is 431 g/mol. The molecule has 0 aliphatic carbocycles. The van der Waals surface area contributed by atoms with E-state index in [-0.39, 0.29) is 45.9 Å². The van der Waals surface area contributed by atoms with Gasteiger partial charge in [-0.1, -0.05) is 0 Å². The monoisotopic (exact) mass is 430 g/mol. The van der Waals surface area contributed by atoms with Gasteiger partial charge in [-0.2, -0.15) is 0 Å². The maximum atomic E-state index is 12.9. The number of nitrogens with one attached hydrogen (secondary N) is 2. The highest BCUT2D eigenvalue weighted by atomic mass is 35.5. The fraction of sp³-hybridized carbons (Fsp3) is 0.471. The summed E-state index contributed by atoms with van der Waals surface area (Å²) < 4.78 is 33.9. The second-order valence-corrected chi connectivity index (χ2v) is 8.48. The molecule has 2 aromatic rings. The van der Waals surface area contributed by atoms with Crippen LogP contribution < -0.4 is 10.0 Å². The molecule has 0 unspecified atom stereocenters. The van der Waals surface area contributed by atoms with Gasteiger partial charge in [-0.05, 0) is 44.1 Å². The van der Waals surface area contributed by atoms with Crippen molar-refractivity contribution in [3.05, 3.63) is 40.6 Å². The Kier molecular flexibility index (Phi) is 7.29. The quantitative estimate of drug-likeness (QED) is 0.507. The summed E-state index contributed by atoms with van der Waals surface area (Å²) in [7, 11) is -2.29. The number of piperidine rings is 1. The highest BCUT2D eigenvalue weighted by Crippen LogP contribution is 2.31. The Morgan fingerprint density at radius 3 is 2.68 bits per heavy atom. The number of halogens is 1. The Hall–Kier alpha value is -1.85. The van der Waals surface area contributed by atoms with Crippen LogP contribution in [0.3, 0.4) is 0 Å². The molecule has 1 aromatic carbocycles. The third-order valence-corrected chi connectivity index (χ3v) is 6.38. The minimum atomic E-state index is -3.90. The van der Waals surface area contributed by atoms with E-state index in [1.807, 2.05) is 0 Å². The van der Waals surface area contributed by atoms with E-state index >= 15 is 0 Å². The number of nitro benzene ring substituents is 1. The van der Waals surface area contributed by atoms with E-state index < -0.39 is 14.9 Å². The van der Waals surface area contributed by atoms with Crippen LogP contribution in [0.5, 0.6) is 0 Å². The van der Waals surface area contributed by atoms with Gasteiger partial charge in [0.25, 0.3) is 5.69 Å². The number of rotatable bonds is 7. The molecule has 0 radical (unpaired) electrons. The second-order valence-electron chi connectivity index (χ2n) is 6.75. The molecule has 1 aromatic heterocycles. The van der Waals surface area contributed by atoms with Gasteiger partial charge < -0.3 is 10.1 Å². The normalized spacial score (nSPS) is 16.5. The van der Waals surface area contributed by atoms with E-state index in [0.29, 0.717) is 6.61 Å². The Balaban J connectivity index is 0.00000280. The van der Waals surface area contributed by atoms with Gasteiger partial charge in [0.2, 0.25) is 10.0 Å². The highest BCUT2D eigenvalue weighted by molar-refractivity contribution is 7.89. The van der Waals surface area contributed by atoms with E-state index in [1.165, 1.54) is 24.4 Å². The summed E-state index contributed by atoms with van der Waals surface area (Å²) >= 11 is 0. The number of aromatic nitrogens is 1. The van der Waals surface area contributed by atoms with Crippen LogP contribution >= 0.6 is 12.4 Å². The molecular weight excluding hydrogens is 408 g/mol. The zero-order valence-electron chi connectivity index (χ0n) is 15.4. The van der Waals surface area contributed by atoms with Crippen molar-refractivity contribution in [2.24, 2.45) is 5.41 Å². The third-order valence-electron chi connectivity index (χ3n) is 4.95. The lowest BCUT2D eigenvalue weighted by molar-refractivity contribution is -0.383. The average Bonchev–Trinajstić information content (AvgIpc) is 2.66. The summed E-state index contributed by atoms with van der Waals surface area (Å²) in [6.45, 7) is 2.28. The summed E-state index contributed by atoms with van der Waals surface area (Å²) in [5, 5.41) is 14.7. The largest absolute Gasteiger partial charge is 0.384 e. The molecule has 0 amide bonds. The highest BCUT2D eigenvalue weighted by Gasteiger charge is 2.34. The molecule has 154 valence electrons. The number of ether oxygens (including phenoxy) is 1. The molecule has 1 aliphatic heterocycles. The van der Waals surface area contributed by atoms with Crippen LogP contribution in [0.4, 0.5) is 5.69 Å². The molecular formula is C17H23ClN4O5S. The number of non-ortho nitro benzene ring substituents is 1.